The highest BCUT2D eigenvalue weighted by Gasteiger charge is 2.29. The second-order valence-electron chi connectivity index (χ2n) is 9.52. The normalized spacial score (nSPS) is 19.0. The Morgan fingerprint density at radius 2 is 1.79 bits per heavy atom. The highest BCUT2D eigenvalue weighted by Crippen LogP contribution is 2.33. The van der Waals surface area contributed by atoms with Crippen LogP contribution in [0.2, 0.25) is 0 Å². The van der Waals surface area contributed by atoms with Crippen LogP contribution < -0.4 is 10.2 Å². The van der Waals surface area contributed by atoms with Gasteiger partial charge in [-0.2, -0.15) is 0 Å². The van der Waals surface area contributed by atoms with Crippen molar-refractivity contribution in [2.24, 2.45) is 0 Å². The Balaban J connectivity index is 1.18. The van der Waals surface area contributed by atoms with Gasteiger partial charge in [-0.3, -0.25) is 9.69 Å². The van der Waals surface area contributed by atoms with E-state index >= 15 is 0 Å². The third-order valence-corrected chi connectivity index (χ3v) is 7.23. The van der Waals surface area contributed by atoms with Gasteiger partial charge in [0, 0.05) is 37.4 Å². The van der Waals surface area contributed by atoms with Gasteiger partial charge in [-0.25, -0.2) is 0 Å². The first-order valence-electron chi connectivity index (χ1n) is 12.1. The minimum Gasteiger partial charge on any atom is -0.467 e. The summed E-state index contributed by atoms with van der Waals surface area (Å²) in [4.78, 5) is 17.9. The lowest BCUT2D eigenvalue weighted by Crippen LogP contribution is -2.44. The molecule has 3 heterocycles. The Bertz CT molecular complexity index is 1110. The van der Waals surface area contributed by atoms with Gasteiger partial charge in [0.2, 0.25) is 0 Å². The van der Waals surface area contributed by atoms with E-state index in [9.17, 15) is 4.79 Å². The number of nitrogens with zero attached hydrogens (tertiary/aromatic N) is 2. The lowest BCUT2D eigenvalue weighted by molar-refractivity contribution is 0.0907. The number of fused-ring (bicyclic) bond motifs is 1. The van der Waals surface area contributed by atoms with Crippen molar-refractivity contribution in [1.82, 2.24) is 10.2 Å². The summed E-state index contributed by atoms with van der Waals surface area (Å²) in [5.74, 6) is 0.726. The van der Waals surface area contributed by atoms with Crippen molar-refractivity contribution in [2.45, 2.75) is 58.3 Å². The summed E-state index contributed by atoms with van der Waals surface area (Å²) in [5, 5.41) is 3.27. The molecule has 0 aliphatic carbocycles. The van der Waals surface area contributed by atoms with Gasteiger partial charge in [-0.1, -0.05) is 42.5 Å². The van der Waals surface area contributed by atoms with Crippen LogP contribution in [-0.2, 0) is 19.5 Å². The SMILES string of the molecule is Cc1ccccc1CN1CCC(NC(=O)c2ccoc2CN2c3ccccc3CC2C)CC1. The fourth-order valence-electron chi connectivity index (χ4n) is 5.22. The number of anilines is 1. The highest BCUT2D eigenvalue weighted by molar-refractivity contribution is 5.95. The number of piperidine rings is 1. The van der Waals surface area contributed by atoms with Gasteiger partial charge in [0.05, 0.1) is 18.4 Å². The smallest absolute Gasteiger partial charge is 0.255 e. The first-order valence-corrected chi connectivity index (χ1v) is 12.1. The fourth-order valence-corrected chi connectivity index (χ4v) is 5.22. The van der Waals surface area contributed by atoms with E-state index in [4.69, 9.17) is 4.42 Å². The maximum absolute atomic E-state index is 13.1. The number of benzene rings is 2. The molecule has 1 unspecified atom stereocenters. The largest absolute Gasteiger partial charge is 0.467 e. The third kappa shape index (κ3) is 4.69. The van der Waals surface area contributed by atoms with Crippen molar-refractivity contribution in [3.63, 3.8) is 0 Å². The molecule has 3 aromatic rings. The summed E-state index contributed by atoms with van der Waals surface area (Å²) in [5.41, 5.74) is 6.00. The van der Waals surface area contributed by atoms with Gasteiger partial charge in [0.1, 0.15) is 5.76 Å². The van der Waals surface area contributed by atoms with Crippen molar-refractivity contribution in [1.29, 1.82) is 0 Å². The van der Waals surface area contributed by atoms with Gasteiger partial charge in [-0.15, -0.1) is 0 Å². The molecular formula is C28H33N3O2. The van der Waals surface area contributed by atoms with Crippen molar-refractivity contribution >= 4 is 11.6 Å². The zero-order valence-corrected chi connectivity index (χ0v) is 19.6. The van der Waals surface area contributed by atoms with E-state index in [1.165, 1.54) is 22.4 Å². The van der Waals surface area contributed by atoms with Crippen molar-refractivity contribution in [3.8, 4) is 0 Å². The third-order valence-electron chi connectivity index (χ3n) is 7.23. The second kappa shape index (κ2) is 9.44. The molecule has 1 aromatic heterocycles. The summed E-state index contributed by atoms with van der Waals surface area (Å²) in [7, 11) is 0. The average Bonchev–Trinajstić information content (AvgIpc) is 3.41. The van der Waals surface area contributed by atoms with E-state index in [1.54, 1.807) is 6.26 Å². The van der Waals surface area contributed by atoms with Gasteiger partial charge in [0.15, 0.2) is 0 Å². The summed E-state index contributed by atoms with van der Waals surface area (Å²) < 4.78 is 5.78. The molecule has 1 amide bonds. The van der Waals surface area contributed by atoms with E-state index < -0.39 is 0 Å². The number of likely N-dealkylation sites (tertiary alicyclic amines) is 1. The molecule has 33 heavy (non-hydrogen) atoms. The Labute approximate surface area is 196 Å². The van der Waals surface area contributed by atoms with Crippen LogP contribution in [0, 0.1) is 6.92 Å². The standard InChI is InChI=1S/C28H33N3O2/c1-20-7-3-4-9-23(20)18-30-14-11-24(12-15-30)29-28(32)25-13-16-33-27(25)19-31-21(2)17-22-8-5-6-10-26(22)31/h3-10,13,16,21,24H,11-12,14-15,17-19H2,1-2H3,(H,29,32). The number of para-hydroxylation sites is 1. The van der Waals surface area contributed by atoms with Gasteiger partial charge in [0.25, 0.3) is 5.91 Å². The first-order chi connectivity index (χ1) is 16.1. The number of nitrogens with one attached hydrogen (secondary N) is 1. The van der Waals surface area contributed by atoms with E-state index in [0.717, 1.165) is 44.7 Å². The van der Waals surface area contributed by atoms with E-state index in [1.807, 2.05) is 6.07 Å². The molecule has 0 spiro atoms. The minimum absolute atomic E-state index is 0.0174. The number of furan rings is 1. The molecule has 1 fully saturated rings. The lowest BCUT2D eigenvalue weighted by atomic mass is 10.0. The van der Waals surface area contributed by atoms with Crippen molar-refractivity contribution in [3.05, 3.63) is 88.9 Å². The Hall–Kier alpha value is -3.05. The zero-order valence-electron chi connectivity index (χ0n) is 19.6. The second-order valence-corrected chi connectivity index (χ2v) is 9.52. The summed E-state index contributed by atoms with van der Waals surface area (Å²) in [6, 6.07) is 19.5. The Morgan fingerprint density at radius 3 is 2.61 bits per heavy atom. The molecule has 172 valence electrons. The van der Waals surface area contributed by atoms with E-state index in [-0.39, 0.29) is 11.9 Å². The minimum atomic E-state index is -0.0174. The van der Waals surface area contributed by atoms with Crippen LogP contribution in [0.4, 0.5) is 5.69 Å². The van der Waals surface area contributed by atoms with Gasteiger partial charge in [-0.05, 0) is 61.9 Å². The Morgan fingerprint density at radius 1 is 1.03 bits per heavy atom. The van der Waals surface area contributed by atoms with Crippen LogP contribution in [0.25, 0.3) is 0 Å². The van der Waals surface area contributed by atoms with Gasteiger partial charge >= 0.3 is 0 Å². The number of hydrogen-bond acceptors (Lipinski definition) is 4. The molecule has 5 nitrogen and oxygen atoms in total. The lowest BCUT2D eigenvalue weighted by Gasteiger charge is -2.32. The maximum atomic E-state index is 13.1. The van der Waals surface area contributed by atoms with Crippen LogP contribution in [0.1, 0.15) is 52.6 Å². The molecule has 0 saturated carbocycles. The molecule has 5 rings (SSSR count). The van der Waals surface area contributed by atoms with Crippen LogP contribution in [-0.4, -0.2) is 36.0 Å². The van der Waals surface area contributed by atoms with Crippen LogP contribution in [0.5, 0.6) is 0 Å². The molecule has 1 saturated heterocycles. The fraction of sp³-hybridized carbons (Fsp3) is 0.393. The number of carbonyl (C=O) groups excluding carboxylic acids is 1. The molecule has 0 bridgehead atoms. The van der Waals surface area contributed by atoms with Crippen LogP contribution >= 0.6 is 0 Å². The summed E-state index contributed by atoms with van der Waals surface area (Å²) >= 11 is 0. The predicted molar refractivity (Wildman–Crippen MR) is 131 cm³/mol. The number of aryl methyl sites for hydroxylation is 1. The molecule has 2 aromatic carbocycles. The number of carbonyl (C=O) groups is 1. The Kier molecular flexibility index (Phi) is 6.23. The quantitative estimate of drug-likeness (QED) is 0.587. The number of hydrogen-bond donors (Lipinski definition) is 1. The topological polar surface area (TPSA) is 48.7 Å². The van der Waals surface area contributed by atoms with Gasteiger partial charge < -0.3 is 14.6 Å². The van der Waals surface area contributed by atoms with Crippen molar-refractivity contribution in [2.75, 3.05) is 18.0 Å². The number of amides is 1. The molecule has 5 heteroatoms. The number of rotatable bonds is 6. The van der Waals surface area contributed by atoms with Crippen LogP contribution in [0.3, 0.4) is 0 Å². The summed E-state index contributed by atoms with van der Waals surface area (Å²) in [6.07, 6.45) is 4.61. The van der Waals surface area contributed by atoms with Crippen molar-refractivity contribution < 1.29 is 9.21 Å². The molecule has 1 N–H and O–H groups in total. The highest BCUT2D eigenvalue weighted by atomic mass is 16.3. The predicted octanol–water partition coefficient (Wildman–Crippen LogP) is 4.93. The first kappa shape index (κ1) is 21.8. The molecule has 2 aliphatic heterocycles. The molecule has 2 aliphatic rings. The van der Waals surface area contributed by atoms with E-state index in [0.29, 0.717) is 18.2 Å². The molecule has 0 radical (unpaired) electrons. The average molecular weight is 444 g/mol. The monoisotopic (exact) mass is 443 g/mol. The van der Waals surface area contributed by atoms with Crippen LogP contribution in [0.15, 0.2) is 65.3 Å². The molecular weight excluding hydrogens is 410 g/mol. The molecule has 1 atom stereocenters. The maximum Gasteiger partial charge on any atom is 0.255 e. The van der Waals surface area contributed by atoms with E-state index in [2.05, 4.69) is 77.5 Å². The summed E-state index contributed by atoms with van der Waals surface area (Å²) in [6.45, 7) is 8.00. The zero-order chi connectivity index (χ0) is 22.8.